The highest BCUT2D eigenvalue weighted by atomic mass is 16.3. The van der Waals surface area contributed by atoms with Gasteiger partial charge in [-0.15, -0.1) is 0 Å². The normalized spacial score (nSPS) is 11.8. The highest BCUT2D eigenvalue weighted by Crippen LogP contribution is 2.43. The second-order valence-corrected chi connectivity index (χ2v) is 13.7. The first-order valence-electron chi connectivity index (χ1n) is 18.0. The van der Waals surface area contributed by atoms with Crippen LogP contribution in [0.4, 0.5) is 17.1 Å². The molecule has 0 saturated carbocycles. The molecule has 0 amide bonds. The lowest BCUT2D eigenvalue weighted by molar-refractivity contribution is 0.668. The van der Waals surface area contributed by atoms with Gasteiger partial charge in [-0.05, 0) is 105 Å². The van der Waals surface area contributed by atoms with Crippen molar-refractivity contribution in [1.82, 2.24) is 0 Å². The molecule has 0 radical (unpaired) electrons. The first-order chi connectivity index (χ1) is 26.3. The predicted octanol–water partition coefficient (Wildman–Crippen LogP) is 14.6. The maximum absolute atomic E-state index is 6.44. The largest absolute Gasteiger partial charge is 0.456 e. The molecule has 0 saturated heterocycles. The van der Waals surface area contributed by atoms with Gasteiger partial charge in [0.05, 0.1) is 0 Å². The van der Waals surface area contributed by atoms with Gasteiger partial charge < -0.3 is 13.7 Å². The van der Waals surface area contributed by atoms with Gasteiger partial charge in [0.25, 0.3) is 0 Å². The zero-order valence-corrected chi connectivity index (χ0v) is 28.7. The van der Waals surface area contributed by atoms with Gasteiger partial charge in [0.15, 0.2) is 0 Å². The second kappa shape index (κ2) is 11.7. The van der Waals surface area contributed by atoms with Crippen molar-refractivity contribution in [3.05, 3.63) is 188 Å². The lowest BCUT2D eigenvalue weighted by Crippen LogP contribution is -2.09. The Kier molecular flexibility index (Phi) is 6.55. The fourth-order valence-electron chi connectivity index (χ4n) is 8.17. The standard InChI is InChI=1S/C50H31NO2/c1-3-12-32(13-4-1)44-30-34-28-36(23-25-38(34)40-16-7-8-17-41(40)44)51(35-14-5-2-6-15-35)37-24-27-49-46(31-37)45-29-33(22-26-48(45)52-49)39-19-11-20-43-42-18-9-10-21-47(42)53-50(39)43/h1-31H. The van der Waals surface area contributed by atoms with Crippen molar-refractivity contribution in [2.75, 3.05) is 4.90 Å². The Morgan fingerprint density at radius 1 is 0.302 bits per heavy atom. The van der Waals surface area contributed by atoms with Crippen LogP contribution in [-0.4, -0.2) is 0 Å². The molecule has 0 atom stereocenters. The summed E-state index contributed by atoms with van der Waals surface area (Å²) in [5.74, 6) is 0. The molecule has 3 heteroatoms. The monoisotopic (exact) mass is 677 g/mol. The minimum absolute atomic E-state index is 0.855. The van der Waals surface area contributed by atoms with Crippen molar-refractivity contribution >= 4 is 82.5 Å². The SMILES string of the molecule is c1ccc(-c2cc3cc(N(c4ccccc4)c4ccc5oc6ccc(-c7cccc8c7oc7ccccc78)cc6c5c4)ccc3c3ccccc23)cc1. The van der Waals surface area contributed by atoms with Gasteiger partial charge in [-0.2, -0.15) is 0 Å². The summed E-state index contributed by atoms with van der Waals surface area (Å²) in [6.07, 6.45) is 0. The average molecular weight is 678 g/mol. The van der Waals surface area contributed by atoms with Crippen molar-refractivity contribution in [2.45, 2.75) is 0 Å². The third kappa shape index (κ3) is 4.75. The van der Waals surface area contributed by atoms with E-state index in [0.717, 1.165) is 72.1 Å². The van der Waals surface area contributed by atoms with Crippen LogP contribution < -0.4 is 4.90 Å². The molecular formula is C50H31NO2. The van der Waals surface area contributed by atoms with Crippen LogP contribution in [0.5, 0.6) is 0 Å². The Balaban J connectivity index is 1.09. The summed E-state index contributed by atoms with van der Waals surface area (Å²) in [6, 6.07) is 66.8. The average Bonchev–Trinajstić information content (AvgIpc) is 3.79. The van der Waals surface area contributed by atoms with Crippen molar-refractivity contribution in [3.8, 4) is 22.3 Å². The number of benzene rings is 9. The van der Waals surface area contributed by atoms with Crippen LogP contribution >= 0.6 is 0 Å². The summed E-state index contributed by atoms with van der Waals surface area (Å²) in [5, 5.41) is 9.32. The van der Waals surface area contributed by atoms with Crippen LogP contribution in [0.2, 0.25) is 0 Å². The van der Waals surface area contributed by atoms with E-state index < -0.39 is 0 Å². The molecule has 11 aromatic rings. The molecular weight excluding hydrogens is 647 g/mol. The molecule has 0 fully saturated rings. The molecule has 53 heavy (non-hydrogen) atoms. The van der Waals surface area contributed by atoms with Crippen LogP contribution in [0.25, 0.3) is 87.7 Å². The number of rotatable bonds is 5. The lowest BCUT2D eigenvalue weighted by atomic mass is 9.93. The smallest absolute Gasteiger partial charge is 0.143 e. The molecule has 0 bridgehead atoms. The van der Waals surface area contributed by atoms with Crippen molar-refractivity contribution in [1.29, 1.82) is 0 Å². The fourth-order valence-corrected chi connectivity index (χ4v) is 8.17. The van der Waals surface area contributed by atoms with Gasteiger partial charge in [0.1, 0.15) is 22.3 Å². The topological polar surface area (TPSA) is 29.5 Å². The van der Waals surface area contributed by atoms with Gasteiger partial charge in [-0.1, -0.05) is 121 Å². The molecule has 0 aliphatic carbocycles. The molecule has 9 aromatic carbocycles. The summed E-state index contributed by atoms with van der Waals surface area (Å²) in [7, 11) is 0. The molecule has 0 spiro atoms. The molecule has 2 aromatic heterocycles. The van der Waals surface area contributed by atoms with Gasteiger partial charge >= 0.3 is 0 Å². The van der Waals surface area contributed by atoms with E-state index in [1.807, 2.05) is 12.1 Å². The zero-order chi connectivity index (χ0) is 34.9. The Labute approximate surface area is 305 Å². The third-order valence-corrected chi connectivity index (χ3v) is 10.6. The van der Waals surface area contributed by atoms with Gasteiger partial charge in [0, 0.05) is 44.2 Å². The number of anilines is 3. The predicted molar refractivity (Wildman–Crippen MR) is 222 cm³/mol. The summed E-state index contributed by atoms with van der Waals surface area (Å²) in [5.41, 5.74) is 11.3. The number of nitrogens with zero attached hydrogens (tertiary/aromatic N) is 1. The summed E-state index contributed by atoms with van der Waals surface area (Å²) in [4.78, 5) is 2.34. The molecule has 11 rings (SSSR count). The Morgan fingerprint density at radius 3 is 1.79 bits per heavy atom. The van der Waals surface area contributed by atoms with E-state index in [1.54, 1.807) is 0 Å². The van der Waals surface area contributed by atoms with Crippen LogP contribution in [0.1, 0.15) is 0 Å². The van der Waals surface area contributed by atoms with Crippen LogP contribution in [0.3, 0.4) is 0 Å². The molecule has 0 N–H and O–H groups in total. The number of furan rings is 2. The van der Waals surface area contributed by atoms with E-state index in [0.29, 0.717) is 0 Å². The van der Waals surface area contributed by atoms with Crippen LogP contribution in [0.15, 0.2) is 197 Å². The Bertz CT molecular complexity index is 3170. The summed E-state index contributed by atoms with van der Waals surface area (Å²) >= 11 is 0. The second-order valence-electron chi connectivity index (χ2n) is 13.7. The minimum Gasteiger partial charge on any atom is -0.456 e. The zero-order valence-electron chi connectivity index (χ0n) is 28.7. The van der Waals surface area contributed by atoms with Crippen molar-refractivity contribution in [3.63, 3.8) is 0 Å². The molecule has 2 heterocycles. The fraction of sp³-hybridized carbons (Fsp3) is 0. The van der Waals surface area contributed by atoms with E-state index >= 15 is 0 Å². The molecule has 248 valence electrons. The third-order valence-electron chi connectivity index (χ3n) is 10.6. The first kappa shape index (κ1) is 29.6. The number of para-hydroxylation sites is 3. The van der Waals surface area contributed by atoms with Crippen molar-refractivity contribution in [2.24, 2.45) is 0 Å². The quantitative estimate of drug-likeness (QED) is 0.170. The van der Waals surface area contributed by atoms with E-state index in [4.69, 9.17) is 8.83 Å². The maximum atomic E-state index is 6.44. The molecule has 3 nitrogen and oxygen atoms in total. The van der Waals surface area contributed by atoms with E-state index in [-0.39, 0.29) is 0 Å². The summed E-state index contributed by atoms with van der Waals surface area (Å²) in [6.45, 7) is 0. The van der Waals surface area contributed by atoms with Crippen LogP contribution in [0, 0.1) is 0 Å². The van der Waals surface area contributed by atoms with Crippen molar-refractivity contribution < 1.29 is 8.83 Å². The number of hydrogen-bond acceptors (Lipinski definition) is 3. The maximum Gasteiger partial charge on any atom is 0.143 e. The number of fused-ring (bicyclic) bond motifs is 9. The molecule has 0 unspecified atom stereocenters. The Morgan fingerprint density at radius 2 is 0.943 bits per heavy atom. The van der Waals surface area contributed by atoms with Gasteiger partial charge in [0.2, 0.25) is 0 Å². The van der Waals surface area contributed by atoms with E-state index in [2.05, 4.69) is 181 Å². The molecule has 0 aliphatic rings. The van der Waals surface area contributed by atoms with E-state index in [1.165, 1.54) is 32.7 Å². The molecule has 0 aliphatic heterocycles. The first-order valence-corrected chi connectivity index (χ1v) is 18.0. The number of hydrogen-bond donors (Lipinski definition) is 0. The Hall–Kier alpha value is -7.10. The van der Waals surface area contributed by atoms with Crippen LogP contribution in [-0.2, 0) is 0 Å². The van der Waals surface area contributed by atoms with E-state index in [9.17, 15) is 0 Å². The minimum atomic E-state index is 0.855. The summed E-state index contributed by atoms with van der Waals surface area (Å²) < 4.78 is 12.9. The lowest BCUT2D eigenvalue weighted by Gasteiger charge is -2.26. The highest BCUT2D eigenvalue weighted by Gasteiger charge is 2.19. The van der Waals surface area contributed by atoms with Gasteiger partial charge in [-0.25, -0.2) is 0 Å². The highest BCUT2D eigenvalue weighted by molar-refractivity contribution is 6.15. The van der Waals surface area contributed by atoms with Gasteiger partial charge in [-0.3, -0.25) is 0 Å².